The van der Waals surface area contributed by atoms with Gasteiger partial charge in [0.2, 0.25) is 0 Å². The zero-order chi connectivity index (χ0) is 11.2. The van der Waals surface area contributed by atoms with Gasteiger partial charge in [-0.2, -0.15) is 0 Å². The Bertz CT molecular complexity index is 181. The SMILES string of the molecule is CCNC(C=C(C)C)CC(C)(C)OC. The van der Waals surface area contributed by atoms with Gasteiger partial charge in [-0.25, -0.2) is 0 Å². The number of allylic oxidation sites excluding steroid dienone is 1. The summed E-state index contributed by atoms with van der Waals surface area (Å²) >= 11 is 0. The average Bonchev–Trinajstić information content (AvgIpc) is 2.03. The fraction of sp³-hybridized carbons (Fsp3) is 0.833. The largest absolute Gasteiger partial charge is 0.379 e. The molecule has 0 saturated heterocycles. The van der Waals surface area contributed by atoms with Crippen LogP contribution in [0.5, 0.6) is 0 Å². The number of hydrogen-bond acceptors (Lipinski definition) is 2. The molecule has 14 heavy (non-hydrogen) atoms. The Hall–Kier alpha value is -0.340. The molecule has 0 aromatic carbocycles. The van der Waals surface area contributed by atoms with Gasteiger partial charge in [-0.05, 0) is 40.7 Å². The van der Waals surface area contributed by atoms with Crippen molar-refractivity contribution in [2.45, 2.75) is 52.7 Å². The van der Waals surface area contributed by atoms with Crippen LogP contribution in [-0.2, 0) is 4.74 Å². The van der Waals surface area contributed by atoms with Gasteiger partial charge < -0.3 is 10.1 Å². The van der Waals surface area contributed by atoms with E-state index in [1.807, 2.05) is 0 Å². The van der Waals surface area contributed by atoms with Crippen molar-refractivity contribution in [1.29, 1.82) is 0 Å². The molecular formula is C12H25NO. The topological polar surface area (TPSA) is 21.3 Å². The van der Waals surface area contributed by atoms with E-state index in [1.54, 1.807) is 7.11 Å². The van der Waals surface area contributed by atoms with Gasteiger partial charge in [0.1, 0.15) is 0 Å². The maximum Gasteiger partial charge on any atom is 0.0640 e. The van der Waals surface area contributed by atoms with Crippen LogP contribution in [0.2, 0.25) is 0 Å². The summed E-state index contributed by atoms with van der Waals surface area (Å²) in [5.41, 5.74) is 1.29. The zero-order valence-corrected chi connectivity index (χ0v) is 10.5. The second-order valence-corrected chi connectivity index (χ2v) is 4.58. The lowest BCUT2D eigenvalue weighted by Gasteiger charge is -2.27. The average molecular weight is 199 g/mol. The molecule has 1 atom stereocenters. The van der Waals surface area contributed by atoms with Gasteiger partial charge in [0.15, 0.2) is 0 Å². The van der Waals surface area contributed by atoms with Crippen molar-refractivity contribution in [1.82, 2.24) is 5.32 Å². The molecule has 0 aliphatic rings. The Labute approximate surface area is 88.7 Å². The van der Waals surface area contributed by atoms with Crippen LogP contribution >= 0.6 is 0 Å². The van der Waals surface area contributed by atoms with Crippen LogP contribution < -0.4 is 5.32 Å². The second-order valence-electron chi connectivity index (χ2n) is 4.58. The lowest BCUT2D eigenvalue weighted by Crippen LogP contribution is -2.36. The Morgan fingerprint density at radius 2 is 2.00 bits per heavy atom. The number of rotatable bonds is 6. The van der Waals surface area contributed by atoms with Crippen molar-refractivity contribution in [3.8, 4) is 0 Å². The van der Waals surface area contributed by atoms with Crippen molar-refractivity contribution in [3.05, 3.63) is 11.6 Å². The number of ether oxygens (including phenoxy) is 1. The highest BCUT2D eigenvalue weighted by atomic mass is 16.5. The molecule has 0 bridgehead atoms. The summed E-state index contributed by atoms with van der Waals surface area (Å²) in [6, 6.07) is 0.417. The van der Waals surface area contributed by atoms with E-state index in [1.165, 1.54) is 5.57 Å². The van der Waals surface area contributed by atoms with E-state index in [4.69, 9.17) is 4.74 Å². The molecule has 2 heteroatoms. The van der Waals surface area contributed by atoms with E-state index >= 15 is 0 Å². The molecule has 0 aromatic rings. The molecule has 0 aliphatic carbocycles. The number of nitrogens with one attached hydrogen (secondary N) is 1. The monoisotopic (exact) mass is 199 g/mol. The minimum Gasteiger partial charge on any atom is -0.379 e. The third-order valence-corrected chi connectivity index (χ3v) is 2.26. The molecule has 0 amide bonds. The Kier molecular flexibility index (Phi) is 6.05. The lowest BCUT2D eigenvalue weighted by atomic mass is 9.97. The molecule has 0 aromatic heterocycles. The molecule has 0 saturated carbocycles. The summed E-state index contributed by atoms with van der Waals surface area (Å²) in [6.45, 7) is 11.6. The van der Waals surface area contributed by atoms with Crippen molar-refractivity contribution in [3.63, 3.8) is 0 Å². The molecule has 0 aliphatic heterocycles. The number of likely N-dealkylation sites (N-methyl/N-ethyl adjacent to an activating group) is 1. The molecule has 1 N–H and O–H groups in total. The maximum atomic E-state index is 5.43. The highest BCUT2D eigenvalue weighted by Crippen LogP contribution is 2.16. The van der Waals surface area contributed by atoms with Crippen LogP contribution in [0.4, 0.5) is 0 Å². The first-order valence-electron chi connectivity index (χ1n) is 5.35. The number of methoxy groups -OCH3 is 1. The molecular weight excluding hydrogens is 174 g/mol. The Balaban J connectivity index is 4.29. The standard InChI is InChI=1S/C12H25NO/c1-7-13-11(8-10(2)3)9-12(4,5)14-6/h8,11,13H,7,9H2,1-6H3. The summed E-state index contributed by atoms with van der Waals surface area (Å²) in [5.74, 6) is 0. The third-order valence-electron chi connectivity index (χ3n) is 2.26. The zero-order valence-electron chi connectivity index (χ0n) is 10.5. The van der Waals surface area contributed by atoms with Crippen LogP contribution in [-0.4, -0.2) is 25.3 Å². The van der Waals surface area contributed by atoms with E-state index < -0.39 is 0 Å². The molecule has 0 radical (unpaired) electrons. The van der Waals surface area contributed by atoms with E-state index in [0.29, 0.717) is 6.04 Å². The highest BCUT2D eigenvalue weighted by Gasteiger charge is 2.20. The minimum absolute atomic E-state index is 0.0568. The van der Waals surface area contributed by atoms with Crippen LogP contribution in [0, 0.1) is 0 Å². The maximum absolute atomic E-state index is 5.43. The second kappa shape index (κ2) is 6.20. The molecule has 2 nitrogen and oxygen atoms in total. The van der Waals surface area contributed by atoms with Crippen LogP contribution in [0.15, 0.2) is 11.6 Å². The third kappa shape index (κ3) is 6.17. The van der Waals surface area contributed by atoms with E-state index in [-0.39, 0.29) is 5.60 Å². The van der Waals surface area contributed by atoms with Crippen molar-refractivity contribution >= 4 is 0 Å². The number of hydrogen-bond donors (Lipinski definition) is 1. The summed E-state index contributed by atoms with van der Waals surface area (Å²) < 4.78 is 5.43. The Morgan fingerprint density at radius 3 is 2.36 bits per heavy atom. The van der Waals surface area contributed by atoms with Gasteiger partial charge >= 0.3 is 0 Å². The van der Waals surface area contributed by atoms with Gasteiger partial charge in [-0.3, -0.25) is 0 Å². The van der Waals surface area contributed by atoms with E-state index in [0.717, 1.165) is 13.0 Å². The normalized spacial score (nSPS) is 13.9. The van der Waals surface area contributed by atoms with Gasteiger partial charge in [0.25, 0.3) is 0 Å². The first-order chi connectivity index (χ1) is 6.41. The van der Waals surface area contributed by atoms with Crippen LogP contribution in [0.1, 0.15) is 41.0 Å². The predicted molar refractivity (Wildman–Crippen MR) is 62.6 cm³/mol. The summed E-state index contributed by atoms with van der Waals surface area (Å²) in [4.78, 5) is 0. The van der Waals surface area contributed by atoms with Crippen molar-refractivity contribution < 1.29 is 4.74 Å². The fourth-order valence-electron chi connectivity index (χ4n) is 1.47. The summed E-state index contributed by atoms with van der Waals surface area (Å²) in [5, 5.41) is 3.45. The van der Waals surface area contributed by atoms with E-state index in [2.05, 4.69) is 46.0 Å². The highest BCUT2D eigenvalue weighted by molar-refractivity contribution is 5.02. The summed E-state index contributed by atoms with van der Waals surface area (Å²) in [6.07, 6.45) is 3.27. The Morgan fingerprint density at radius 1 is 1.43 bits per heavy atom. The first-order valence-corrected chi connectivity index (χ1v) is 5.35. The molecule has 0 spiro atoms. The van der Waals surface area contributed by atoms with Gasteiger partial charge in [-0.15, -0.1) is 0 Å². The van der Waals surface area contributed by atoms with Crippen molar-refractivity contribution in [2.75, 3.05) is 13.7 Å². The van der Waals surface area contributed by atoms with Crippen molar-refractivity contribution in [2.24, 2.45) is 0 Å². The predicted octanol–water partition coefficient (Wildman–Crippen LogP) is 2.75. The fourth-order valence-corrected chi connectivity index (χ4v) is 1.47. The quantitative estimate of drug-likeness (QED) is 0.664. The minimum atomic E-state index is -0.0568. The van der Waals surface area contributed by atoms with Crippen LogP contribution in [0.25, 0.3) is 0 Å². The molecule has 0 heterocycles. The lowest BCUT2D eigenvalue weighted by molar-refractivity contribution is 0.0108. The van der Waals surface area contributed by atoms with Gasteiger partial charge in [0, 0.05) is 13.2 Å². The molecule has 1 unspecified atom stereocenters. The first kappa shape index (κ1) is 13.7. The van der Waals surface area contributed by atoms with Crippen LogP contribution in [0.3, 0.4) is 0 Å². The molecule has 0 fully saturated rings. The van der Waals surface area contributed by atoms with E-state index in [9.17, 15) is 0 Å². The van der Waals surface area contributed by atoms with Gasteiger partial charge in [-0.1, -0.05) is 18.6 Å². The summed E-state index contributed by atoms with van der Waals surface area (Å²) in [7, 11) is 1.77. The molecule has 84 valence electrons. The smallest absolute Gasteiger partial charge is 0.0640 e. The van der Waals surface area contributed by atoms with Gasteiger partial charge in [0.05, 0.1) is 5.60 Å². The molecule has 0 rings (SSSR count).